The standard InChI is InChI=1S/C30H51N3O/c1-19-13-27-30(31-4,32-17-19)18-29(34-27)12-10-23-24-8-7-21-14-22(33(5)6)9-11-28(21,3)26(24)15-25(23)20(2)16-29/h19,21-24,26-27,31-32H,7-18H2,1-6H3. The molecule has 0 aromatic rings. The molecular formula is C30H51N3O. The molecule has 192 valence electrons. The van der Waals surface area contributed by atoms with Gasteiger partial charge in [0.2, 0.25) is 0 Å². The summed E-state index contributed by atoms with van der Waals surface area (Å²) in [4.78, 5) is 2.50. The van der Waals surface area contributed by atoms with Crippen LogP contribution >= 0.6 is 0 Å². The highest BCUT2D eigenvalue weighted by molar-refractivity contribution is 5.29. The monoisotopic (exact) mass is 469 g/mol. The van der Waals surface area contributed by atoms with E-state index in [9.17, 15) is 0 Å². The van der Waals surface area contributed by atoms with E-state index < -0.39 is 0 Å². The largest absolute Gasteiger partial charge is 0.368 e. The van der Waals surface area contributed by atoms with Crippen LogP contribution < -0.4 is 10.6 Å². The molecule has 10 atom stereocenters. The van der Waals surface area contributed by atoms with Gasteiger partial charge >= 0.3 is 0 Å². The maximum Gasteiger partial charge on any atom is 0.0982 e. The molecule has 0 radical (unpaired) electrons. The zero-order chi connectivity index (χ0) is 23.9. The summed E-state index contributed by atoms with van der Waals surface area (Å²) in [5, 5.41) is 7.58. The minimum absolute atomic E-state index is 0.0178. The van der Waals surface area contributed by atoms with Crippen LogP contribution in [-0.4, -0.2) is 56.0 Å². The fourth-order valence-electron chi connectivity index (χ4n) is 10.3. The molecule has 2 heterocycles. The SMILES string of the molecule is CNC12CC3(CCC4C(=C(C)C3)CC3C4CCC4CC(N(C)C)CCC43C)OC1CC(C)CN2. The molecule has 4 aliphatic carbocycles. The second kappa shape index (κ2) is 8.30. The molecule has 3 saturated carbocycles. The molecule has 10 unspecified atom stereocenters. The highest BCUT2D eigenvalue weighted by atomic mass is 16.5. The number of nitrogens with zero attached hydrogens (tertiary/aromatic N) is 1. The van der Waals surface area contributed by atoms with Crippen molar-refractivity contribution in [2.24, 2.45) is 35.0 Å². The number of rotatable bonds is 2. The van der Waals surface area contributed by atoms with Crippen LogP contribution in [0.4, 0.5) is 0 Å². The van der Waals surface area contributed by atoms with E-state index in [1.807, 2.05) is 5.57 Å². The molecule has 4 nitrogen and oxygen atoms in total. The molecule has 2 aliphatic heterocycles. The molecule has 6 aliphatic rings. The molecule has 2 N–H and O–H groups in total. The average Bonchev–Trinajstić information content (AvgIpc) is 3.29. The number of likely N-dealkylation sites (N-methyl/N-ethyl adjacent to an activating group) is 1. The number of piperidine rings is 1. The Morgan fingerprint density at radius 1 is 1.09 bits per heavy atom. The van der Waals surface area contributed by atoms with Gasteiger partial charge in [0.25, 0.3) is 0 Å². The van der Waals surface area contributed by atoms with Crippen molar-refractivity contribution in [1.82, 2.24) is 15.5 Å². The van der Waals surface area contributed by atoms with E-state index in [-0.39, 0.29) is 11.3 Å². The Hall–Kier alpha value is -0.420. The zero-order valence-electron chi connectivity index (χ0n) is 22.9. The Balaban J connectivity index is 1.24. The van der Waals surface area contributed by atoms with Gasteiger partial charge in [-0.2, -0.15) is 0 Å². The average molecular weight is 470 g/mol. The number of allylic oxidation sites excluding steroid dienone is 1. The molecule has 0 aromatic heterocycles. The topological polar surface area (TPSA) is 36.5 Å². The summed E-state index contributed by atoms with van der Waals surface area (Å²) in [6, 6.07) is 0.807. The van der Waals surface area contributed by atoms with Crippen LogP contribution in [0.15, 0.2) is 11.1 Å². The van der Waals surface area contributed by atoms with Crippen LogP contribution in [-0.2, 0) is 4.74 Å². The van der Waals surface area contributed by atoms with Crippen molar-refractivity contribution >= 4 is 0 Å². The summed E-state index contributed by atoms with van der Waals surface area (Å²) in [5.41, 5.74) is 4.17. The van der Waals surface area contributed by atoms with Crippen molar-refractivity contribution in [3.63, 3.8) is 0 Å². The van der Waals surface area contributed by atoms with Gasteiger partial charge < -0.3 is 15.0 Å². The normalized spacial score (nSPS) is 52.9. The third kappa shape index (κ3) is 3.52. The molecule has 0 aromatic carbocycles. The molecule has 2 saturated heterocycles. The molecule has 0 amide bonds. The quantitative estimate of drug-likeness (QED) is 0.535. The van der Waals surface area contributed by atoms with Gasteiger partial charge in [0.15, 0.2) is 0 Å². The molecular weight excluding hydrogens is 418 g/mol. The lowest BCUT2D eigenvalue weighted by atomic mass is 9.52. The first-order valence-corrected chi connectivity index (χ1v) is 14.7. The van der Waals surface area contributed by atoms with Gasteiger partial charge in [0, 0.05) is 12.5 Å². The molecule has 34 heavy (non-hydrogen) atoms. The van der Waals surface area contributed by atoms with Crippen molar-refractivity contribution in [3.8, 4) is 0 Å². The fourth-order valence-corrected chi connectivity index (χ4v) is 10.3. The molecule has 0 bridgehead atoms. The van der Waals surface area contributed by atoms with Crippen molar-refractivity contribution < 1.29 is 4.74 Å². The van der Waals surface area contributed by atoms with E-state index >= 15 is 0 Å². The minimum atomic E-state index is -0.0178. The maximum absolute atomic E-state index is 7.09. The predicted octanol–water partition coefficient (Wildman–Crippen LogP) is 5.34. The van der Waals surface area contributed by atoms with Crippen LogP contribution in [0.1, 0.15) is 91.4 Å². The van der Waals surface area contributed by atoms with Crippen molar-refractivity contribution in [1.29, 1.82) is 0 Å². The maximum atomic E-state index is 7.09. The minimum Gasteiger partial charge on any atom is -0.368 e. The molecule has 6 rings (SSSR count). The Morgan fingerprint density at radius 2 is 1.91 bits per heavy atom. The van der Waals surface area contributed by atoms with E-state index in [4.69, 9.17) is 4.74 Å². The first-order chi connectivity index (χ1) is 16.2. The molecule has 4 heteroatoms. The lowest BCUT2D eigenvalue weighted by Gasteiger charge is -2.55. The Labute approximate surface area is 209 Å². The van der Waals surface area contributed by atoms with E-state index in [0.717, 1.165) is 49.1 Å². The van der Waals surface area contributed by atoms with E-state index in [0.29, 0.717) is 17.4 Å². The van der Waals surface area contributed by atoms with Gasteiger partial charge in [-0.05, 0) is 134 Å². The number of hydrogen-bond donors (Lipinski definition) is 2. The van der Waals surface area contributed by atoms with Crippen molar-refractivity contribution in [2.45, 2.75) is 115 Å². The number of nitrogens with one attached hydrogen (secondary N) is 2. The highest BCUT2D eigenvalue weighted by Gasteiger charge is 2.60. The van der Waals surface area contributed by atoms with Gasteiger partial charge in [-0.15, -0.1) is 0 Å². The van der Waals surface area contributed by atoms with Gasteiger partial charge in [-0.25, -0.2) is 0 Å². The number of fused-ring (bicyclic) bond motifs is 6. The highest BCUT2D eigenvalue weighted by Crippen LogP contribution is 2.65. The van der Waals surface area contributed by atoms with Crippen LogP contribution in [0, 0.1) is 35.0 Å². The molecule has 5 fully saturated rings. The van der Waals surface area contributed by atoms with Crippen LogP contribution in [0.3, 0.4) is 0 Å². The summed E-state index contributed by atoms with van der Waals surface area (Å²) in [6.07, 6.45) is 15.0. The van der Waals surface area contributed by atoms with Crippen LogP contribution in [0.5, 0.6) is 0 Å². The zero-order valence-corrected chi connectivity index (χ0v) is 22.9. The summed E-state index contributed by atoms with van der Waals surface area (Å²) in [7, 11) is 6.74. The van der Waals surface area contributed by atoms with Gasteiger partial charge in [0.1, 0.15) is 0 Å². The lowest BCUT2D eigenvalue weighted by Crippen LogP contribution is -2.65. The lowest BCUT2D eigenvalue weighted by molar-refractivity contribution is -0.0748. The fraction of sp³-hybridized carbons (Fsp3) is 0.933. The first kappa shape index (κ1) is 23.9. The Morgan fingerprint density at radius 3 is 2.68 bits per heavy atom. The van der Waals surface area contributed by atoms with E-state index in [2.05, 4.69) is 57.4 Å². The van der Waals surface area contributed by atoms with Gasteiger partial charge in [-0.1, -0.05) is 25.0 Å². The Kier molecular flexibility index (Phi) is 5.84. The second-order valence-corrected chi connectivity index (χ2v) is 14.2. The second-order valence-electron chi connectivity index (χ2n) is 14.2. The van der Waals surface area contributed by atoms with Crippen molar-refractivity contribution in [3.05, 3.63) is 11.1 Å². The summed E-state index contributed by atoms with van der Waals surface area (Å²) >= 11 is 0. The first-order valence-electron chi connectivity index (χ1n) is 14.7. The summed E-state index contributed by atoms with van der Waals surface area (Å²) in [5.74, 6) is 4.33. The third-order valence-electron chi connectivity index (χ3n) is 12.3. The summed E-state index contributed by atoms with van der Waals surface area (Å²) < 4.78 is 7.09. The Bertz CT molecular complexity index is 839. The van der Waals surface area contributed by atoms with E-state index in [1.165, 1.54) is 57.8 Å². The van der Waals surface area contributed by atoms with E-state index in [1.54, 1.807) is 5.57 Å². The number of hydrogen-bond acceptors (Lipinski definition) is 4. The van der Waals surface area contributed by atoms with Gasteiger partial charge in [-0.3, -0.25) is 5.32 Å². The van der Waals surface area contributed by atoms with Crippen LogP contribution in [0.25, 0.3) is 0 Å². The summed E-state index contributed by atoms with van der Waals surface area (Å²) in [6.45, 7) is 8.67. The van der Waals surface area contributed by atoms with Crippen LogP contribution in [0.2, 0.25) is 0 Å². The molecule has 1 spiro atoms. The smallest absolute Gasteiger partial charge is 0.0982 e. The van der Waals surface area contributed by atoms with Gasteiger partial charge in [0.05, 0.1) is 17.4 Å². The van der Waals surface area contributed by atoms with Crippen molar-refractivity contribution in [2.75, 3.05) is 27.7 Å². The predicted molar refractivity (Wildman–Crippen MR) is 140 cm³/mol. The third-order valence-corrected chi connectivity index (χ3v) is 12.3. The number of ether oxygens (including phenoxy) is 1.